The number of allylic oxidation sites excluding steroid dienone is 10. The van der Waals surface area contributed by atoms with Crippen LogP contribution in [0.3, 0.4) is 0 Å². The van der Waals surface area contributed by atoms with E-state index in [9.17, 15) is 14.4 Å². The summed E-state index contributed by atoms with van der Waals surface area (Å²) in [6, 6.07) is 0. The van der Waals surface area contributed by atoms with Crippen molar-refractivity contribution in [3.63, 3.8) is 0 Å². The van der Waals surface area contributed by atoms with Crippen LogP contribution in [-0.4, -0.2) is 37.2 Å². The van der Waals surface area contributed by atoms with E-state index in [2.05, 4.69) is 81.5 Å². The molecule has 69 heavy (non-hydrogen) atoms. The Balaban J connectivity index is 4.38. The van der Waals surface area contributed by atoms with E-state index in [1.54, 1.807) is 0 Å². The summed E-state index contributed by atoms with van der Waals surface area (Å²) in [5.41, 5.74) is 0. The molecule has 0 saturated heterocycles. The van der Waals surface area contributed by atoms with Crippen LogP contribution >= 0.6 is 0 Å². The fourth-order valence-corrected chi connectivity index (χ4v) is 8.51. The minimum absolute atomic E-state index is 0.0813. The van der Waals surface area contributed by atoms with Crippen molar-refractivity contribution in [1.82, 2.24) is 0 Å². The quantitative estimate of drug-likeness (QED) is 0.0262. The Labute approximate surface area is 428 Å². The lowest BCUT2D eigenvalue weighted by Crippen LogP contribution is -2.30. The number of rotatable bonds is 54. The molecule has 0 heterocycles. The molecule has 0 aliphatic rings. The molecule has 0 saturated carbocycles. The molecule has 0 bridgehead atoms. The van der Waals surface area contributed by atoms with Crippen molar-refractivity contribution >= 4 is 17.9 Å². The van der Waals surface area contributed by atoms with E-state index >= 15 is 0 Å². The molecule has 0 aliphatic heterocycles. The number of esters is 3. The lowest BCUT2D eigenvalue weighted by atomic mass is 10.1. The van der Waals surface area contributed by atoms with Crippen molar-refractivity contribution in [1.29, 1.82) is 0 Å². The molecule has 0 unspecified atom stereocenters. The molecule has 0 spiro atoms. The lowest BCUT2D eigenvalue weighted by Gasteiger charge is -2.18. The van der Waals surface area contributed by atoms with Crippen molar-refractivity contribution in [2.24, 2.45) is 0 Å². The maximum Gasteiger partial charge on any atom is 0.306 e. The average Bonchev–Trinajstić information content (AvgIpc) is 3.35. The molecule has 6 heteroatoms. The number of hydrogen-bond donors (Lipinski definition) is 0. The Bertz CT molecular complexity index is 1250. The van der Waals surface area contributed by atoms with E-state index in [0.29, 0.717) is 19.3 Å². The van der Waals surface area contributed by atoms with Gasteiger partial charge in [-0.05, 0) is 103 Å². The van der Waals surface area contributed by atoms with Crippen molar-refractivity contribution in [2.75, 3.05) is 13.2 Å². The summed E-state index contributed by atoms with van der Waals surface area (Å²) < 4.78 is 16.9. The maximum atomic E-state index is 12.9. The summed E-state index contributed by atoms with van der Waals surface area (Å²) in [4.78, 5) is 38.2. The van der Waals surface area contributed by atoms with Gasteiger partial charge in [0.15, 0.2) is 6.10 Å². The van der Waals surface area contributed by atoms with Crippen LogP contribution in [0.15, 0.2) is 60.8 Å². The summed E-state index contributed by atoms with van der Waals surface area (Å²) in [5.74, 6) is -0.893. The highest BCUT2D eigenvalue weighted by Gasteiger charge is 2.19. The molecular weight excluding hydrogens is 853 g/mol. The van der Waals surface area contributed by atoms with Crippen LogP contribution in [0.4, 0.5) is 0 Å². The topological polar surface area (TPSA) is 78.9 Å². The van der Waals surface area contributed by atoms with Gasteiger partial charge < -0.3 is 14.2 Å². The van der Waals surface area contributed by atoms with Gasteiger partial charge in [0.2, 0.25) is 0 Å². The van der Waals surface area contributed by atoms with E-state index in [1.165, 1.54) is 167 Å². The highest BCUT2D eigenvalue weighted by molar-refractivity contribution is 5.71. The highest BCUT2D eigenvalue weighted by Crippen LogP contribution is 2.16. The van der Waals surface area contributed by atoms with E-state index in [4.69, 9.17) is 14.2 Å². The molecule has 0 aromatic heterocycles. The second-order valence-electron chi connectivity index (χ2n) is 19.9. The Morgan fingerprint density at radius 3 is 0.899 bits per heavy atom. The molecule has 0 fully saturated rings. The molecule has 0 aromatic carbocycles. The van der Waals surface area contributed by atoms with Gasteiger partial charge in [-0.25, -0.2) is 0 Å². The zero-order valence-corrected chi connectivity index (χ0v) is 45.8. The molecule has 0 rings (SSSR count). The fourth-order valence-electron chi connectivity index (χ4n) is 8.51. The van der Waals surface area contributed by atoms with Gasteiger partial charge in [-0.15, -0.1) is 0 Å². The molecule has 1 atom stereocenters. The maximum absolute atomic E-state index is 12.9. The zero-order chi connectivity index (χ0) is 50.0. The molecule has 0 aromatic rings. The number of unbranched alkanes of at least 4 members (excludes halogenated alkanes) is 33. The zero-order valence-electron chi connectivity index (χ0n) is 45.8. The number of hydrogen-bond acceptors (Lipinski definition) is 6. The summed E-state index contributed by atoms with van der Waals surface area (Å²) in [5, 5.41) is 0. The van der Waals surface area contributed by atoms with E-state index < -0.39 is 6.10 Å². The third-order valence-corrected chi connectivity index (χ3v) is 13.0. The second kappa shape index (κ2) is 57.7. The lowest BCUT2D eigenvalue weighted by molar-refractivity contribution is -0.167. The molecule has 0 aliphatic carbocycles. The third kappa shape index (κ3) is 55.9. The van der Waals surface area contributed by atoms with Crippen LogP contribution in [0.1, 0.15) is 303 Å². The first kappa shape index (κ1) is 66.1. The van der Waals surface area contributed by atoms with Crippen molar-refractivity contribution in [3.05, 3.63) is 60.8 Å². The van der Waals surface area contributed by atoms with Crippen LogP contribution in [-0.2, 0) is 28.6 Å². The number of carbonyl (C=O) groups excluding carboxylic acids is 3. The molecule has 0 N–H and O–H groups in total. The normalized spacial score (nSPS) is 12.4. The van der Waals surface area contributed by atoms with Gasteiger partial charge in [-0.2, -0.15) is 0 Å². The summed E-state index contributed by atoms with van der Waals surface area (Å²) in [7, 11) is 0. The first-order chi connectivity index (χ1) is 34.0. The molecule has 6 nitrogen and oxygen atoms in total. The van der Waals surface area contributed by atoms with Gasteiger partial charge in [-0.1, -0.05) is 242 Å². The average molecular weight is 966 g/mol. The Morgan fingerprint density at radius 1 is 0.304 bits per heavy atom. The molecule has 400 valence electrons. The standard InChI is InChI=1S/C63H112O6/c1-4-7-10-13-16-19-22-25-28-30-31-33-35-38-41-44-47-50-53-56-62(65)68-59-60(58-67-61(64)55-52-49-46-43-40-37-34-27-24-21-18-15-12-9-6-3)69-63(66)57-54-51-48-45-42-39-36-32-29-26-23-20-17-14-11-8-5-2/h9,12,18,21,25-29,34,60H,4-8,10-11,13-17,19-20,22-24,30-33,35-59H2,1-3H3/b12-9-,21-18-,28-25-,29-26-,34-27-/t60-/m1/s1. The van der Waals surface area contributed by atoms with E-state index in [0.717, 1.165) is 96.3 Å². The Kier molecular flexibility index (Phi) is 55.3. The van der Waals surface area contributed by atoms with Crippen LogP contribution in [0.5, 0.6) is 0 Å². The molecule has 0 radical (unpaired) electrons. The Morgan fingerprint density at radius 2 is 0.565 bits per heavy atom. The Hall–Kier alpha value is -2.89. The van der Waals surface area contributed by atoms with E-state index in [1.807, 2.05) is 0 Å². The SMILES string of the molecule is CC/C=C\C/C=C\C/C=C\CCCCCCCC(=O)OC[C@H](COC(=O)CCCCCCCCCCC/C=C\CCCCCCCC)OC(=O)CCCCCCCCC/C=C\CCCCCCCC. The van der Waals surface area contributed by atoms with Crippen LogP contribution in [0, 0.1) is 0 Å². The predicted molar refractivity (Wildman–Crippen MR) is 298 cm³/mol. The largest absolute Gasteiger partial charge is 0.462 e. The smallest absolute Gasteiger partial charge is 0.306 e. The van der Waals surface area contributed by atoms with Gasteiger partial charge in [0.25, 0.3) is 0 Å². The minimum Gasteiger partial charge on any atom is -0.462 e. The summed E-state index contributed by atoms with van der Waals surface area (Å²) in [6.07, 6.45) is 72.1. The van der Waals surface area contributed by atoms with Gasteiger partial charge in [0, 0.05) is 19.3 Å². The molecular formula is C63H112O6. The van der Waals surface area contributed by atoms with Gasteiger partial charge in [0.1, 0.15) is 13.2 Å². The first-order valence-electron chi connectivity index (χ1n) is 29.8. The van der Waals surface area contributed by atoms with Crippen molar-refractivity contribution in [3.8, 4) is 0 Å². The molecule has 0 amide bonds. The second-order valence-corrected chi connectivity index (χ2v) is 19.9. The van der Waals surface area contributed by atoms with Gasteiger partial charge >= 0.3 is 17.9 Å². The van der Waals surface area contributed by atoms with Crippen molar-refractivity contribution < 1.29 is 28.6 Å². The number of ether oxygens (including phenoxy) is 3. The van der Waals surface area contributed by atoms with E-state index in [-0.39, 0.29) is 31.1 Å². The van der Waals surface area contributed by atoms with Crippen LogP contribution in [0.25, 0.3) is 0 Å². The third-order valence-electron chi connectivity index (χ3n) is 13.0. The van der Waals surface area contributed by atoms with Crippen molar-refractivity contribution in [2.45, 2.75) is 309 Å². The predicted octanol–water partition coefficient (Wildman–Crippen LogP) is 20.0. The minimum atomic E-state index is -0.784. The number of carbonyl (C=O) groups is 3. The summed E-state index contributed by atoms with van der Waals surface area (Å²) >= 11 is 0. The van der Waals surface area contributed by atoms with Gasteiger partial charge in [0.05, 0.1) is 0 Å². The summed E-state index contributed by atoms with van der Waals surface area (Å²) in [6.45, 7) is 6.53. The van der Waals surface area contributed by atoms with Crippen LogP contribution < -0.4 is 0 Å². The van der Waals surface area contributed by atoms with Gasteiger partial charge in [-0.3, -0.25) is 14.4 Å². The first-order valence-corrected chi connectivity index (χ1v) is 29.8. The fraction of sp³-hybridized carbons (Fsp3) is 0.794. The monoisotopic (exact) mass is 965 g/mol. The highest BCUT2D eigenvalue weighted by atomic mass is 16.6. The van der Waals surface area contributed by atoms with Crippen LogP contribution in [0.2, 0.25) is 0 Å².